The Kier molecular flexibility index (Phi) is 3.13. The first-order valence-corrected chi connectivity index (χ1v) is 6.15. The van der Waals surface area contributed by atoms with Gasteiger partial charge >= 0.3 is 0 Å². The van der Waals surface area contributed by atoms with Crippen molar-refractivity contribution in [3.63, 3.8) is 0 Å². The minimum Gasteiger partial charge on any atom is -0.392 e. The van der Waals surface area contributed by atoms with E-state index >= 15 is 0 Å². The molecule has 2 aliphatic rings. The Labute approximate surface area is 87.1 Å². The second-order valence-corrected chi connectivity index (χ2v) is 5.37. The van der Waals surface area contributed by atoms with Crippen LogP contribution in [0.2, 0.25) is 0 Å². The van der Waals surface area contributed by atoms with E-state index in [1.54, 1.807) is 0 Å². The fraction of sp³-hybridized carbons (Fsp3) is 1.00. The van der Waals surface area contributed by atoms with Crippen LogP contribution in [0.3, 0.4) is 0 Å². The lowest BCUT2D eigenvalue weighted by molar-refractivity contribution is 0.117. The standard InChI is InChI=1S/C12H23NO/c1-12(8-3-2-4-9-12)13-10-6-5-7-11(10)14/h10-11,13-14H,2-9H2,1H3/t10-,11-/m0/s1. The largest absolute Gasteiger partial charge is 0.392 e. The van der Waals surface area contributed by atoms with Gasteiger partial charge in [0.05, 0.1) is 6.10 Å². The Balaban J connectivity index is 1.88. The van der Waals surface area contributed by atoms with Crippen molar-refractivity contribution in [2.24, 2.45) is 0 Å². The van der Waals surface area contributed by atoms with Gasteiger partial charge in [0.25, 0.3) is 0 Å². The smallest absolute Gasteiger partial charge is 0.0693 e. The maximum Gasteiger partial charge on any atom is 0.0693 e. The Bertz CT molecular complexity index is 187. The maximum atomic E-state index is 9.77. The quantitative estimate of drug-likeness (QED) is 0.711. The fourth-order valence-electron chi connectivity index (χ4n) is 3.03. The van der Waals surface area contributed by atoms with Crippen molar-refractivity contribution >= 4 is 0 Å². The average molecular weight is 197 g/mol. The van der Waals surface area contributed by atoms with E-state index in [4.69, 9.17) is 0 Å². The minimum atomic E-state index is -0.0891. The van der Waals surface area contributed by atoms with Gasteiger partial charge in [-0.3, -0.25) is 0 Å². The van der Waals surface area contributed by atoms with Crippen LogP contribution >= 0.6 is 0 Å². The van der Waals surface area contributed by atoms with E-state index in [-0.39, 0.29) is 6.10 Å². The van der Waals surface area contributed by atoms with Gasteiger partial charge in [0.2, 0.25) is 0 Å². The number of rotatable bonds is 2. The van der Waals surface area contributed by atoms with Gasteiger partial charge in [-0.05, 0) is 39.0 Å². The SMILES string of the molecule is CC1(N[C@H]2CCC[C@@H]2O)CCCCC1. The van der Waals surface area contributed by atoms with Crippen LogP contribution in [0.15, 0.2) is 0 Å². The summed E-state index contributed by atoms with van der Waals surface area (Å²) in [6, 6.07) is 0.373. The van der Waals surface area contributed by atoms with Crippen molar-refractivity contribution in [2.45, 2.75) is 76.0 Å². The minimum absolute atomic E-state index is 0.0891. The molecule has 0 aliphatic heterocycles. The van der Waals surface area contributed by atoms with Crippen LogP contribution in [0.25, 0.3) is 0 Å². The number of nitrogens with one attached hydrogen (secondary N) is 1. The lowest BCUT2D eigenvalue weighted by Crippen LogP contribution is -2.51. The van der Waals surface area contributed by atoms with Gasteiger partial charge < -0.3 is 10.4 Å². The molecule has 2 nitrogen and oxygen atoms in total. The van der Waals surface area contributed by atoms with Crippen LogP contribution in [-0.4, -0.2) is 22.8 Å². The summed E-state index contributed by atoms with van der Waals surface area (Å²) in [4.78, 5) is 0. The van der Waals surface area contributed by atoms with Gasteiger partial charge in [-0.2, -0.15) is 0 Å². The highest BCUT2D eigenvalue weighted by atomic mass is 16.3. The van der Waals surface area contributed by atoms with Crippen molar-refractivity contribution in [1.29, 1.82) is 0 Å². The molecule has 0 aromatic heterocycles. The first-order valence-electron chi connectivity index (χ1n) is 6.15. The maximum absolute atomic E-state index is 9.77. The summed E-state index contributed by atoms with van der Waals surface area (Å²) in [6.45, 7) is 2.33. The Morgan fingerprint density at radius 2 is 1.79 bits per heavy atom. The number of hydrogen-bond donors (Lipinski definition) is 2. The second-order valence-electron chi connectivity index (χ2n) is 5.37. The molecule has 0 heterocycles. The highest BCUT2D eigenvalue weighted by Gasteiger charge is 2.33. The van der Waals surface area contributed by atoms with Gasteiger partial charge in [0.15, 0.2) is 0 Å². The molecule has 2 aliphatic carbocycles. The Morgan fingerprint density at radius 1 is 1.07 bits per heavy atom. The zero-order valence-electron chi connectivity index (χ0n) is 9.26. The summed E-state index contributed by atoms with van der Waals surface area (Å²) >= 11 is 0. The van der Waals surface area contributed by atoms with E-state index < -0.39 is 0 Å². The summed E-state index contributed by atoms with van der Waals surface area (Å²) in [5.74, 6) is 0. The number of hydrogen-bond acceptors (Lipinski definition) is 2. The Morgan fingerprint density at radius 3 is 2.36 bits per heavy atom. The molecule has 0 saturated heterocycles. The molecule has 0 radical (unpaired) electrons. The lowest BCUT2D eigenvalue weighted by Gasteiger charge is -2.38. The molecule has 2 saturated carbocycles. The summed E-state index contributed by atoms with van der Waals surface area (Å²) in [7, 11) is 0. The zero-order valence-corrected chi connectivity index (χ0v) is 9.26. The molecule has 0 aromatic rings. The summed E-state index contributed by atoms with van der Waals surface area (Å²) < 4.78 is 0. The summed E-state index contributed by atoms with van der Waals surface area (Å²) in [6.07, 6.45) is 9.93. The molecule has 82 valence electrons. The van der Waals surface area contributed by atoms with E-state index in [2.05, 4.69) is 12.2 Å². The molecular weight excluding hydrogens is 174 g/mol. The van der Waals surface area contributed by atoms with Crippen molar-refractivity contribution in [1.82, 2.24) is 5.32 Å². The van der Waals surface area contributed by atoms with Crippen LogP contribution in [0.4, 0.5) is 0 Å². The lowest BCUT2D eigenvalue weighted by atomic mass is 9.82. The van der Waals surface area contributed by atoms with E-state index in [0.717, 1.165) is 12.8 Å². The number of aliphatic hydroxyl groups excluding tert-OH is 1. The molecule has 2 fully saturated rings. The molecule has 2 atom stereocenters. The highest BCUT2D eigenvalue weighted by Crippen LogP contribution is 2.30. The third-order valence-corrected chi connectivity index (χ3v) is 3.97. The van der Waals surface area contributed by atoms with Gasteiger partial charge in [-0.1, -0.05) is 19.3 Å². The Hall–Kier alpha value is -0.0800. The third kappa shape index (κ3) is 2.29. The van der Waals surface area contributed by atoms with Crippen molar-refractivity contribution in [3.8, 4) is 0 Å². The van der Waals surface area contributed by atoms with E-state index in [0.29, 0.717) is 11.6 Å². The summed E-state index contributed by atoms with van der Waals surface area (Å²) in [5.41, 5.74) is 0.314. The van der Waals surface area contributed by atoms with E-state index in [9.17, 15) is 5.11 Å². The zero-order chi connectivity index (χ0) is 10.0. The van der Waals surface area contributed by atoms with Gasteiger partial charge in [-0.15, -0.1) is 0 Å². The van der Waals surface area contributed by atoms with Gasteiger partial charge in [0, 0.05) is 11.6 Å². The second kappa shape index (κ2) is 4.19. The molecule has 2 N–H and O–H groups in total. The monoisotopic (exact) mass is 197 g/mol. The van der Waals surface area contributed by atoms with Crippen molar-refractivity contribution < 1.29 is 5.11 Å². The van der Waals surface area contributed by atoms with Crippen LogP contribution in [-0.2, 0) is 0 Å². The van der Waals surface area contributed by atoms with Gasteiger partial charge in [-0.25, -0.2) is 0 Å². The normalized spacial score (nSPS) is 37.3. The molecule has 0 amide bonds. The van der Waals surface area contributed by atoms with E-state index in [1.165, 1.54) is 38.5 Å². The average Bonchev–Trinajstić information content (AvgIpc) is 2.52. The molecule has 2 heteroatoms. The molecular formula is C12H23NO. The molecule has 0 spiro atoms. The molecule has 0 aromatic carbocycles. The van der Waals surface area contributed by atoms with E-state index in [1.807, 2.05) is 0 Å². The van der Waals surface area contributed by atoms with Crippen molar-refractivity contribution in [2.75, 3.05) is 0 Å². The predicted molar refractivity (Wildman–Crippen MR) is 58.3 cm³/mol. The van der Waals surface area contributed by atoms with Crippen LogP contribution < -0.4 is 5.32 Å². The first-order chi connectivity index (χ1) is 6.70. The topological polar surface area (TPSA) is 32.3 Å². The van der Waals surface area contributed by atoms with Crippen molar-refractivity contribution in [3.05, 3.63) is 0 Å². The van der Waals surface area contributed by atoms with Gasteiger partial charge in [0.1, 0.15) is 0 Å². The molecule has 2 rings (SSSR count). The number of aliphatic hydroxyl groups is 1. The van der Waals surface area contributed by atoms with Crippen LogP contribution in [0, 0.1) is 0 Å². The fourth-order valence-corrected chi connectivity index (χ4v) is 3.03. The highest BCUT2D eigenvalue weighted by molar-refractivity contribution is 4.93. The van der Waals surface area contributed by atoms with Crippen LogP contribution in [0.1, 0.15) is 58.3 Å². The summed E-state index contributed by atoms with van der Waals surface area (Å²) in [5, 5.41) is 13.5. The molecule has 14 heavy (non-hydrogen) atoms. The third-order valence-electron chi connectivity index (χ3n) is 3.97. The first kappa shape index (κ1) is 10.4. The van der Waals surface area contributed by atoms with Crippen LogP contribution in [0.5, 0.6) is 0 Å². The molecule has 0 unspecified atom stereocenters. The predicted octanol–water partition coefficient (Wildman–Crippen LogP) is 2.21. The molecule has 0 bridgehead atoms.